The monoisotopic (exact) mass is 331 g/mol. The second-order valence-electron chi connectivity index (χ2n) is 5.21. The zero-order valence-electron chi connectivity index (χ0n) is 12.0. The zero-order valence-corrected chi connectivity index (χ0v) is 13.7. The SMILES string of the molecule is CC(=O)NCC1CCN(S(=O)(=O)c2ccc(CN)s2)CC1. The van der Waals surface area contributed by atoms with Gasteiger partial charge in [-0.1, -0.05) is 0 Å². The van der Waals surface area contributed by atoms with Gasteiger partial charge in [0.1, 0.15) is 4.21 Å². The number of nitrogens with one attached hydrogen (secondary N) is 1. The van der Waals surface area contributed by atoms with Gasteiger partial charge >= 0.3 is 0 Å². The average molecular weight is 331 g/mol. The van der Waals surface area contributed by atoms with Crippen LogP contribution in [0.1, 0.15) is 24.6 Å². The van der Waals surface area contributed by atoms with Gasteiger partial charge in [0.2, 0.25) is 5.91 Å². The minimum atomic E-state index is -3.40. The molecule has 0 aliphatic carbocycles. The summed E-state index contributed by atoms with van der Waals surface area (Å²) in [6.45, 7) is 3.48. The van der Waals surface area contributed by atoms with Gasteiger partial charge in [0, 0.05) is 38.0 Å². The molecule has 1 aliphatic rings. The number of carbonyl (C=O) groups excluding carboxylic acids is 1. The van der Waals surface area contributed by atoms with E-state index in [1.54, 1.807) is 12.1 Å². The van der Waals surface area contributed by atoms with E-state index in [0.717, 1.165) is 17.7 Å². The molecule has 1 aromatic rings. The molecule has 8 heteroatoms. The Balaban J connectivity index is 1.96. The van der Waals surface area contributed by atoms with Gasteiger partial charge in [-0.25, -0.2) is 8.42 Å². The molecule has 0 aromatic carbocycles. The van der Waals surface area contributed by atoms with Gasteiger partial charge in [-0.3, -0.25) is 4.79 Å². The number of hydrogen-bond donors (Lipinski definition) is 2. The Morgan fingerprint density at radius 1 is 1.43 bits per heavy atom. The highest BCUT2D eigenvalue weighted by molar-refractivity contribution is 7.91. The molecule has 0 unspecified atom stereocenters. The molecule has 6 nitrogen and oxygen atoms in total. The molecule has 1 aromatic heterocycles. The summed E-state index contributed by atoms with van der Waals surface area (Å²) in [4.78, 5) is 11.8. The number of nitrogens with two attached hydrogens (primary N) is 1. The van der Waals surface area contributed by atoms with Crippen molar-refractivity contribution in [2.75, 3.05) is 19.6 Å². The van der Waals surface area contributed by atoms with Gasteiger partial charge in [-0.15, -0.1) is 11.3 Å². The van der Waals surface area contributed by atoms with Crippen LogP contribution in [-0.4, -0.2) is 38.3 Å². The van der Waals surface area contributed by atoms with E-state index in [0.29, 0.717) is 36.3 Å². The van der Waals surface area contributed by atoms with Gasteiger partial charge in [0.25, 0.3) is 10.0 Å². The fourth-order valence-corrected chi connectivity index (χ4v) is 5.23. The highest BCUT2D eigenvalue weighted by Crippen LogP contribution is 2.28. The first-order chi connectivity index (χ1) is 9.93. The van der Waals surface area contributed by atoms with Crippen molar-refractivity contribution in [1.82, 2.24) is 9.62 Å². The molecule has 21 heavy (non-hydrogen) atoms. The van der Waals surface area contributed by atoms with E-state index >= 15 is 0 Å². The lowest BCUT2D eigenvalue weighted by atomic mass is 9.98. The summed E-state index contributed by atoms with van der Waals surface area (Å²) < 4.78 is 26.9. The lowest BCUT2D eigenvalue weighted by Gasteiger charge is -2.30. The first-order valence-electron chi connectivity index (χ1n) is 6.97. The second-order valence-corrected chi connectivity index (χ2v) is 8.54. The third kappa shape index (κ3) is 4.03. The van der Waals surface area contributed by atoms with Crippen molar-refractivity contribution in [3.8, 4) is 0 Å². The molecule has 1 saturated heterocycles. The normalized spacial score (nSPS) is 17.8. The average Bonchev–Trinajstić information content (AvgIpc) is 2.95. The maximum Gasteiger partial charge on any atom is 0.252 e. The van der Waals surface area contributed by atoms with Crippen molar-refractivity contribution in [2.24, 2.45) is 11.7 Å². The first kappa shape index (κ1) is 16.4. The lowest BCUT2D eigenvalue weighted by Crippen LogP contribution is -2.41. The van der Waals surface area contributed by atoms with E-state index in [1.165, 1.54) is 22.6 Å². The summed E-state index contributed by atoms with van der Waals surface area (Å²) >= 11 is 1.24. The maximum atomic E-state index is 12.5. The molecule has 0 saturated carbocycles. The predicted octanol–water partition coefficient (Wildman–Crippen LogP) is 0.744. The topological polar surface area (TPSA) is 92.5 Å². The van der Waals surface area contributed by atoms with Crippen molar-refractivity contribution in [2.45, 2.75) is 30.5 Å². The van der Waals surface area contributed by atoms with E-state index < -0.39 is 10.0 Å². The van der Waals surface area contributed by atoms with Gasteiger partial charge in [0.15, 0.2) is 0 Å². The Bertz CT molecular complexity index is 590. The quantitative estimate of drug-likeness (QED) is 0.832. The third-order valence-electron chi connectivity index (χ3n) is 3.65. The summed E-state index contributed by atoms with van der Waals surface area (Å²) in [5.41, 5.74) is 5.53. The summed E-state index contributed by atoms with van der Waals surface area (Å²) in [6.07, 6.45) is 1.54. The minimum absolute atomic E-state index is 0.0436. The molecular formula is C13H21N3O3S2. The number of rotatable bonds is 5. The summed E-state index contributed by atoms with van der Waals surface area (Å²) in [6, 6.07) is 3.40. The van der Waals surface area contributed by atoms with Crippen molar-refractivity contribution in [3.05, 3.63) is 17.0 Å². The molecule has 1 aliphatic heterocycles. The Kier molecular flexibility index (Phi) is 5.37. The first-order valence-corrected chi connectivity index (χ1v) is 9.22. The molecule has 2 heterocycles. The van der Waals surface area contributed by atoms with Crippen LogP contribution in [0.3, 0.4) is 0 Å². The van der Waals surface area contributed by atoms with Crippen molar-refractivity contribution in [1.29, 1.82) is 0 Å². The highest BCUT2D eigenvalue weighted by Gasteiger charge is 2.30. The number of nitrogens with zero attached hydrogens (tertiary/aromatic N) is 1. The van der Waals surface area contributed by atoms with Crippen LogP contribution >= 0.6 is 11.3 Å². The molecular weight excluding hydrogens is 310 g/mol. The van der Waals surface area contributed by atoms with E-state index in [2.05, 4.69) is 5.32 Å². The van der Waals surface area contributed by atoms with Crippen LogP contribution in [0.15, 0.2) is 16.3 Å². The van der Waals surface area contributed by atoms with E-state index in [-0.39, 0.29) is 5.91 Å². The van der Waals surface area contributed by atoms with E-state index in [4.69, 9.17) is 5.73 Å². The van der Waals surface area contributed by atoms with Gasteiger partial charge in [-0.05, 0) is 30.9 Å². The Labute approximate surface area is 129 Å². The van der Waals surface area contributed by atoms with Gasteiger partial charge in [-0.2, -0.15) is 4.31 Å². The lowest BCUT2D eigenvalue weighted by molar-refractivity contribution is -0.119. The zero-order chi connectivity index (χ0) is 15.5. The minimum Gasteiger partial charge on any atom is -0.356 e. The molecule has 1 fully saturated rings. The molecule has 0 radical (unpaired) electrons. The highest BCUT2D eigenvalue weighted by atomic mass is 32.2. The number of thiophene rings is 1. The van der Waals surface area contributed by atoms with Gasteiger partial charge in [0.05, 0.1) is 0 Å². The number of piperidine rings is 1. The van der Waals surface area contributed by atoms with Crippen LogP contribution in [0.25, 0.3) is 0 Å². The fraction of sp³-hybridized carbons (Fsp3) is 0.615. The van der Waals surface area contributed by atoms with Crippen molar-refractivity contribution < 1.29 is 13.2 Å². The summed E-state index contributed by atoms with van der Waals surface area (Å²) in [7, 11) is -3.40. The Hall–Kier alpha value is -0.960. The molecule has 2 rings (SSSR count). The van der Waals surface area contributed by atoms with Crippen LogP contribution in [0.5, 0.6) is 0 Å². The van der Waals surface area contributed by atoms with Crippen molar-refractivity contribution in [3.63, 3.8) is 0 Å². The summed E-state index contributed by atoms with van der Waals surface area (Å²) in [5.74, 6) is 0.307. The van der Waals surface area contributed by atoms with E-state index in [9.17, 15) is 13.2 Å². The number of amides is 1. The predicted molar refractivity (Wildman–Crippen MR) is 82.4 cm³/mol. The molecule has 0 spiro atoms. The molecule has 0 atom stereocenters. The molecule has 3 N–H and O–H groups in total. The Morgan fingerprint density at radius 3 is 2.62 bits per heavy atom. The fourth-order valence-electron chi connectivity index (χ4n) is 2.38. The Morgan fingerprint density at radius 2 is 2.10 bits per heavy atom. The largest absolute Gasteiger partial charge is 0.356 e. The number of sulfonamides is 1. The molecule has 1 amide bonds. The summed E-state index contributed by atoms with van der Waals surface area (Å²) in [5, 5.41) is 2.79. The van der Waals surface area contributed by atoms with Crippen LogP contribution in [-0.2, 0) is 21.4 Å². The smallest absolute Gasteiger partial charge is 0.252 e. The van der Waals surface area contributed by atoms with E-state index in [1.807, 2.05) is 0 Å². The third-order valence-corrected chi connectivity index (χ3v) is 7.12. The standard InChI is InChI=1S/C13H21N3O3S2/c1-10(17)15-9-11-4-6-16(7-5-11)21(18,19)13-3-2-12(8-14)20-13/h2-3,11H,4-9,14H2,1H3,(H,15,17). The number of hydrogen-bond acceptors (Lipinski definition) is 5. The molecule has 0 bridgehead atoms. The number of carbonyl (C=O) groups is 1. The molecule has 118 valence electrons. The van der Waals surface area contributed by atoms with Crippen LogP contribution in [0, 0.1) is 5.92 Å². The maximum absolute atomic E-state index is 12.5. The van der Waals surface area contributed by atoms with Gasteiger partial charge < -0.3 is 11.1 Å². The second kappa shape index (κ2) is 6.87. The van der Waals surface area contributed by atoms with Crippen LogP contribution < -0.4 is 11.1 Å². The van der Waals surface area contributed by atoms with Crippen LogP contribution in [0.2, 0.25) is 0 Å². The van der Waals surface area contributed by atoms with Crippen LogP contribution in [0.4, 0.5) is 0 Å². The van der Waals surface area contributed by atoms with Crippen molar-refractivity contribution >= 4 is 27.3 Å².